The van der Waals surface area contributed by atoms with Gasteiger partial charge in [-0.05, 0) is 24.3 Å². The van der Waals surface area contributed by atoms with Crippen molar-refractivity contribution in [2.24, 2.45) is 5.10 Å². The highest BCUT2D eigenvalue weighted by Crippen LogP contribution is 2.37. The van der Waals surface area contributed by atoms with Crippen molar-refractivity contribution in [3.8, 4) is 17.2 Å². The minimum atomic E-state index is -0.282. The van der Waals surface area contributed by atoms with Crippen LogP contribution >= 0.6 is 11.8 Å². The van der Waals surface area contributed by atoms with E-state index in [-0.39, 0.29) is 11.7 Å². The van der Waals surface area contributed by atoms with Crippen LogP contribution in [0.1, 0.15) is 5.56 Å². The number of thioether (sulfide) groups is 1. The minimum Gasteiger partial charge on any atom is -0.493 e. The molecule has 0 aliphatic heterocycles. The number of aromatic nitrogens is 1. The van der Waals surface area contributed by atoms with E-state index in [4.69, 9.17) is 18.6 Å². The summed E-state index contributed by atoms with van der Waals surface area (Å²) >= 11 is 1.20. The number of nitrogens with zero attached hydrogens (tertiary/aromatic N) is 2. The van der Waals surface area contributed by atoms with Crippen LogP contribution in [-0.4, -0.2) is 44.2 Å². The van der Waals surface area contributed by atoms with E-state index in [0.717, 1.165) is 5.52 Å². The average molecular weight is 401 g/mol. The highest BCUT2D eigenvalue weighted by molar-refractivity contribution is 7.99. The largest absolute Gasteiger partial charge is 0.493 e. The first-order valence-corrected chi connectivity index (χ1v) is 9.23. The molecule has 0 aliphatic carbocycles. The topological polar surface area (TPSA) is 95.2 Å². The number of hydrogen-bond acceptors (Lipinski definition) is 8. The van der Waals surface area contributed by atoms with Crippen LogP contribution in [0.15, 0.2) is 51.1 Å². The van der Waals surface area contributed by atoms with Gasteiger partial charge in [0, 0.05) is 5.56 Å². The van der Waals surface area contributed by atoms with Gasteiger partial charge in [0.05, 0.1) is 33.3 Å². The number of carbonyl (C=O) groups is 1. The second-order valence-electron chi connectivity index (χ2n) is 5.49. The van der Waals surface area contributed by atoms with Gasteiger partial charge in [-0.3, -0.25) is 4.79 Å². The first-order chi connectivity index (χ1) is 13.6. The Bertz CT molecular complexity index is 944. The number of carbonyl (C=O) groups excluding carboxylic acids is 1. The number of nitrogens with one attached hydrogen (secondary N) is 1. The van der Waals surface area contributed by atoms with E-state index in [1.165, 1.54) is 39.3 Å². The van der Waals surface area contributed by atoms with Gasteiger partial charge in [-0.1, -0.05) is 23.9 Å². The number of amides is 1. The van der Waals surface area contributed by atoms with E-state index in [2.05, 4.69) is 15.5 Å². The van der Waals surface area contributed by atoms with Crippen molar-refractivity contribution in [3.05, 3.63) is 42.0 Å². The van der Waals surface area contributed by atoms with E-state index < -0.39 is 0 Å². The highest BCUT2D eigenvalue weighted by Gasteiger charge is 2.12. The zero-order valence-corrected chi connectivity index (χ0v) is 16.4. The molecule has 0 saturated heterocycles. The molecule has 8 nitrogen and oxygen atoms in total. The molecule has 9 heteroatoms. The average Bonchev–Trinajstić information content (AvgIpc) is 3.14. The summed E-state index contributed by atoms with van der Waals surface area (Å²) in [6.45, 7) is 0. The lowest BCUT2D eigenvalue weighted by atomic mass is 10.2. The van der Waals surface area contributed by atoms with Gasteiger partial charge in [0.25, 0.3) is 11.1 Å². The van der Waals surface area contributed by atoms with Crippen LogP contribution in [-0.2, 0) is 4.79 Å². The molecule has 0 unspecified atom stereocenters. The maximum atomic E-state index is 12.0. The lowest BCUT2D eigenvalue weighted by Crippen LogP contribution is -2.19. The van der Waals surface area contributed by atoms with Crippen molar-refractivity contribution in [2.75, 3.05) is 27.1 Å². The van der Waals surface area contributed by atoms with Gasteiger partial charge in [-0.25, -0.2) is 10.4 Å². The molecule has 0 fully saturated rings. The molecule has 0 radical (unpaired) electrons. The molecule has 28 heavy (non-hydrogen) atoms. The smallest absolute Gasteiger partial charge is 0.257 e. The summed E-state index contributed by atoms with van der Waals surface area (Å²) in [6, 6.07) is 10.9. The molecule has 146 valence electrons. The molecular weight excluding hydrogens is 382 g/mol. The number of ether oxygens (including phenoxy) is 3. The fraction of sp³-hybridized carbons (Fsp3) is 0.211. The van der Waals surface area contributed by atoms with E-state index in [9.17, 15) is 4.79 Å². The second kappa shape index (κ2) is 9.14. The summed E-state index contributed by atoms with van der Waals surface area (Å²) in [7, 11) is 4.59. The third-order valence-electron chi connectivity index (χ3n) is 3.69. The zero-order valence-electron chi connectivity index (χ0n) is 15.6. The van der Waals surface area contributed by atoms with Crippen LogP contribution in [0.2, 0.25) is 0 Å². The Morgan fingerprint density at radius 1 is 1.18 bits per heavy atom. The molecule has 0 saturated carbocycles. The molecule has 1 aromatic heterocycles. The second-order valence-corrected chi connectivity index (χ2v) is 6.41. The summed E-state index contributed by atoms with van der Waals surface area (Å²) in [5.74, 6) is 1.33. The summed E-state index contributed by atoms with van der Waals surface area (Å²) in [5.41, 5.74) is 4.59. The van der Waals surface area contributed by atoms with Gasteiger partial charge in [-0.2, -0.15) is 5.10 Å². The van der Waals surface area contributed by atoms with Gasteiger partial charge < -0.3 is 18.6 Å². The van der Waals surface area contributed by atoms with Crippen molar-refractivity contribution in [3.63, 3.8) is 0 Å². The maximum absolute atomic E-state index is 12.0. The molecule has 2 aromatic carbocycles. The Morgan fingerprint density at radius 3 is 2.54 bits per heavy atom. The lowest BCUT2D eigenvalue weighted by Gasteiger charge is -2.12. The molecule has 0 bridgehead atoms. The normalized spacial score (nSPS) is 11.0. The lowest BCUT2D eigenvalue weighted by molar-refractivity contribution is -0.118. The Labute approximate surface area is 165 Å². The predicted octanol–water partition coefficient (Wildman–Crippen LogP) is 3.10. The van der Waals surface area contributed by atoms with Crippen molar-refractivity contribution in [2.45, 2.75) is 5.22 Å². The fourth-order valence-electron chi connectivity index (χ4n) is 2.43. The number of hydrazone groups is 1. The fourth-order valence-corrected chi connectivity index (χ4v) is 3.06. The van der Waals surface area contributed by atoms with Crippen LogP contribution in [0, 0.1) is 0 Å². The number of rotatable bonds is 8. The first kappa shape index (κ1) is 19.6. The molecule has 1 heterocycles. The van der Waals surface area contributed by atoms with Gasteiger partial charge in [-0.15, -0.1) is 0 Å². The van der Waals surface area contributed by atoms with Crippen molar-refractivity contribution < 1.29 is 23.4 Å². The molecule has 3 rings (SSSR count). The van der Waals surface area contributed by atoms with E-state index in [0.29, 0.717) is 33.6 Å². The number of para-hydroxylation sites is 2. The number of benzene rings is 2. The Hall–Kier alpha value is -3.20. The van der Waals surface area contributed by atoms with E-state index in [1.807, 2.05) is 24.3 Å². The van der Waals surface area contributed by atoms with Gasteiger partial charge >= 0.3 is 0 Å². The molecule has 1 N–H and O–H groups in total. The Kier molecular flexibility index (Phi) is 6.38. The molecule has 0 aliphatic rings. The summed E-state index contributed by atoms with van der Waals surface area (Å²) in [6.07, 6.45) is 1.49. The molecule has 0 spiro atoms. The zero-order chi connectivity index (χ0) is 19.9. The highest BCUT2D eigenvalue weighted by atomic mass is 32.2. The SMILES string of the molecule is COc1cc(/C=N\NC(=O)CSc2nc3ccccc3o2)cc(OC)c1OC. The van der Waals surface area contributed by atoms with Crippen molar-refractivity contribution >= 4 is 35.0 Å². The maximum Gasteiger partial charge on any atom is 0.257 e. The van der Waals surface area contributed by atoms with Crippen LogP contribution in [0.3, 0.4) is 0 Å². The third kappa shape index (κ3) is 4.55. The van der Waals surface area contributed by atoms with Crippen LogP contribution < -0.4 is 19.6 Å². The van der Waals surface area contributed by atoms with Crippen molar-refractivity contribution in [1.82, 2.24) is 10.4 Å². The number of fused-ring (bicyclic) bond motifs is 1. The van der Waals surface area contributed by atoms with Gasteiger partial charge in [0.15, 0.2) is 17.1 Å². The van der Waals surface area contributed by atoms with Gasteiger partial charge in [0.1, 0.15) is 5.52 Å². The van der Waals surface area contributed by atoms with E-state index >= 15 is 0 Å². The minimum absolute atomic E-state index is 0.124. The van der Waals surface area contributed by atoms with Gasteiger partial charge in [0.2, 0.25) is 5.75 Å². The number of oxazole rings is 1. The summed E-state index contributed by atoms with van der Waals surface area (Å²) in [4.78, 5) is 16.3. The third-order valence-corrected chi connectivity index (χ3v) is 4.52. The molecule has 1 amide bonds. The number of hydrogen-bond donors (Lipinski definition) is 1. The monoisotopic (exact) mass is 401 g/mol. The van der Waals surface area contributed by atoms with Crippen LogP contribution in [0.5, 0.6) is 17.2 Å². The molecular formula is C19H19N3O5S. The standard InChI is InChI=1S/C19H19N3O5S/c1-24-15-8-12(9-16(25-2)18(15)26-3)10-20-22-17(23)11-28-19-21-13-6-4-5-7-14(13)27-19/h4-10H,11H2,1-3H3,(H,22,23)/b20-10-. The van der Waals surface area contributed by atoms with E-state index in [1.54, 1.807) is 12.1 Å². The van der Waals surface area contributed by atoms with Crippen molar-refractivity contribution in [1.29, 1.82) is 0 Å². The predicted molar refractivity (Wildman–Crippen MR) is 107 cm³/mol. The summed E-state index contributed by atoms with van der Waals surface area (Å²) < 4.78 is 21.4. The van der Waals surface area contributed by atoms with Crippen LogP contribution in [0.25, 0.3) is 11.1 Å². The summed E-state index contributed by atoms with van der Waals surface area (Å²) in [5, 5.41) is 4.40. The Balaban J connectivity index is 1.58. The Morgan fingerprint density at radius 2 is 1.89 bits per heavy atom. The number of methoxy groups -OCH3 is 3. The van der Waals surface area contributed by atoms with Crippen LogP contribution in [0.4, 0.5) is 0 Å². The quantitative estimate of drug-likeness (QED) is 0.352. The first-order valence-electron chi connectivity index (χ1n) is 8.25. The molecule has 3 aromatic rings. The molecule has 0 atom stereocenters.